The number of allylic oxidation sites excluding steroid dienone is 12. The third kappa shape index (κ3) is 3.61. The molecule has 0 unspecified atom stereocenters. The van der Waals surface area contributed by atoms with Crippen molar-refractivity contribution in [3.8, 4) is 0 Å². The molecule has 5 heterocycles. The molecule has 5 aliphatic rings. The quantitative estimate of drug-likeness (QED) is 0.579. The van der Waals surface area contributed by atoms with E-state index in [1.165, 1.54) is 0 Å². The molecule has 0 spiro atoms. The number of aliphatic imine (C=N–C) groups is 4. The molecule has 0 aromatic heterocycles. The van der Waals surface area contributed by atoms with Gasteiger partial charge >= 0.3 is 51.4 Å². The Balaban J connectivity index is 0.000000980. The van der Waals surface area contributed by atoms with Crippen molar-refractivity contribution in [3.63, 3.8) is 0 Å². The van der Waals surface area contributed by atoms with Crippen LogP contribution < -0.4 is 51.4 Å². The van der Waals surface area contributed by atoms with Gasteiger partial charge in [-0.1, -0.05) is 0 Å². The van der Waals surface area contributed by atoms with Crippen molar-refractivity contribution in [2.45, 2.75) is 0 Å². The first-order valence-electron chi connectivity index (χ1n) is 7.74. The van der Waals surface area contributed by atoms with Crippen LogP contribution in [0.2, 0.25) is 0 Å². The summed E-state index contributed by atoms with van der Waals surface area (Å²) >= 11 is 0. The number of hydrogen-bond acceptors (Lipinski definition) is 4. The predicted molar refractivity (Wildman–Crippen MR) is 99.7 cm³/mol. The van der Waals surface area contributed by atoms with Gasteiger partial charge in [0.25, 0.3) is 0 Å². The fourth-order valence-electron chi connectivity index (χ4n) is 2.83. The van der Waals surface area contributed by atoms with E-state index in [9.17, 15) is 0 Å². The minimum absolute atomic E-state index is 0. The molecule has 5 rings (SSSR count). The van der Waals surface area contributed by atoms with E-state index in [0.29, 0.717) is 0 Å². The van der Waals surface area contributed by atoms with Gasteiger partial charge in [0.15, 0.2) is 0 Å². The molecular weight excluding hydrogens is 335 g/mol. The molecule has 0 radical (unpaired) electrons. The fourth-order valence-corrected chi connectivity index (χ4v) is 2.83. The van der Waals surface area contributed by atoms with Crippen molar-refractivity contribution in [3.05, 3.63) is 95.7 Å². The first-order chi connectivity index (χ1) is 11.8. The Hall–Kier alpha value is -1.76. The van der Waals surface area contributed by atoms with Gasteiger partial charge in [0, 0.05) is 0 Å². The van der Waals surface area contributed by atoms with Crippen LogP contribution in [-0.2, 0) is 0 Å². The minimum atomic E-state index is 0. The second kappa shape index (κ2) is 6.86. The molecule has 5 aliphatic heterocycles. The summed E-state index contributed by atoms with van der Waals surface area (Å²) in [4.78, 5) is 18.4. The molecule has 5 heteroatoms. The number of hydrogen-bond donors (Lipinski definition) is 0. The van der Waals surface area contributed by atoms with Gasteiger partial charge in [-0.25, -0.2) is 20.0 Å². The van der Waals surface area contributed by atoms with E-state index in [1.807, 2.05) is 72.9 Å². The van der Waals surface area contributed by atoms with Crippen molar-refractivity contribution < 1.29 is 52.8 Å². The SMILES string of the molecule is C1=CC2=NC1=CC1=NC(=CC3=NC(=CC4=NC(=C2)C=C4)C=C3)C=C1.[H-].[K+]. The zero-order chi connectivity index (χ0) is 15.9. The molecule has 0 aromatic rings. The van der Waals surface area contributed by atoms with Gasteiger partial charge in [0.1, 0.15) is 0 Å². The number of fused-ring (bicyclic) bond motifs is 4. The van der Waals surface area contributed by atoms with Crippen molar-refractivity contribution in [2.75, 3.05) is 0 Å². The summed E-state index contributed by atoms with van der Waals surface area (Å²) in [7, 11) is 0. The fraction of sp³-hybridized carbons (Fsp3) is 0. The van der Waals surface area contributed by atoms with Gasteiger partial charge in [0.05, 0.1) is 45.6 Å². The maximum absolute atomic E-state index is 4.59. The molecule has 0 atom stereocenters. The van der Waals surface area contributed by atoms with Crippen LogP contribution in [-0.4, -0.2) is 22.8 Å². The van der Waals surface area contributed by atoms with Crippen LogP contribution in [0.5, 0.6) is 0 Å². The Bertz CT molecular complexity index is 854. The average molecular weight is 348 g/mol. The van der Waals surface area contributed by atoms with Crippen molar-refractivity contribution in [2.24, 2.45) is 20.0 Å². The average Bonchev–Trinajstić information content (AvgIpc) is 3.32. The molecule has 0 N–H and O–H groups in total. The Morgan fingerprint density at radius 3 is 0.880 bits per heavy atom. The summed E-state index contributed by atoms with van der Waals surface area (Å²) in [5.74, 6) is 0. The summed E-state index contributed by atoms with van der Waals surface area (Å²) in [6, 6.07) is 0. The molecule has 0 saturated carbocycles. The summed E-state index contributed by atoms with van der Waals surface area (Å²) in [6.07, 6.45) is 23.8. The summed E-state index contributed by atoms with van der Waals surface area (Å²) in [5, 5.41) is 0. The molecule has 4 nitrogen and oxygen atoms in total. The third-order valence-corrected chi connectivity index (χ3v) is 3.92. The van der Waals surface area contributed by atoms with Gasteiger partial charge in [-0.15, -0.1) is 0 Å². The smallest absolute Gasteiger partial charge is 1.00 e. The second-order valence-electron chi connectivity index (χ2n) is 5.76. The zero-order valence-corrected chi connectivity index (χ0v) is 16.8. The molecule has 0 saturated heterocycles. The Kier molecular flexibility index (Phi) is 4.58. The summed E-state index contributed by atoms with van der Waals surface area (Å²) in [6.45, 7) is 0. The van der Waals surface area contributed by atoms with Crippen molar-refractivity contribution >= 4 is 22.8 Å². The van der Waals surface area contributed by atoms with Crippen LogP contribution in [0.3, 0.4) is 0 Å². The monoisotopic (exact) mass is 348 g/mol. The Labute approximate surface area is 189 Å². The molecule has 0 amide bonds. The standard InChI is InChI=1S/C20H12N4.K.H/c1-2-14-10-16-5-6-18(23-16)12-20-8-7-19(24-20)11-17-4-3-15(22-17)9-13(1)21-14;;/h1-12H;;/q;+1;-1. The van der Waals surface area contributed by atoms with Crippen LogP contribution in [0.1, 0.15) is 1.43 Å². The van der Waals surface area contributed by atoms with Crippen LogP contribution in [0.15, 0.2) is 116 Å². The molecule has 0 aliphatic carbocycles. The topological polar surface area (TPSA) is 49.4 Å². The zero-order valence-electron chi connectivity index (χ0n) is 14.7. The van der Waals surface area contributed by atoms with E-state index in [2.05, 4.69) is 20.0 Å². The Morgan fingerprint density at radius 2 is 0.640 bits per heavy atom. The molecule has 0 fully saturated rings. The van der Waals surface area contributed by atoms with E-state index in [-0.39, 0.29) is 52.8 Å². The van der Waals surface area contributed by atoms with Gasteiger partial charge < -0.3 is 1.43 Å². The van der Waals surface area contributed by atoms with Crippen LogP contribution >= 0.6 is 0 Å². The Morgan fingerprint density at radius 1 is 0.400 bits per heavy atom. The van der Waals surface area contributed by atoms with Gasteiger partial charge in [-0.05, 0) is 72.9 Å². The van der Waals surface area contributed by atoms with Gasteiger partial charge in [-0.3, -0.25) is 0 Å². The number of rotatable bonds is 0. The van der Waals surface area contributed by atoms with E-state index in [0.717, 1.165) is 45.6 Å². The molecule has 114 valence electrons. The van der Waals surface area contributed by atoms with Gasteiger partial charge in [-0.2, -0.15) is 0 Å². The van der Waals surface area contributed by atoms with Gasteiger partial charge in [0.2, 0.25) is 0 Å². The molecule has 8 bridgehead atoms. The number of nitrogens with zero attached hydrogens (tertiary/aromatic N) is 4. The summed E-state index contributed by atoms with van der Waals surface area (Å²) in [5.41, 5.74) is 7.15. The van der Waals surface area contributed by atoms with E-state index in [4.69, 9.17) is 0 Å². The third-order valence-electron chi connectivity index (χ3n) is 3.92. The molecular formula is C20H13KN4. The van der Waals surface area contributed by atoms with Crippen LogP contribution in [0.25, 0.3) is 0 Å². The van der Waals surface area contributed by atoms with E-state index in [1.54, 1.807) is 0 Å². The van der Waals surface area contributed by atoms with Crippen LogP contribution in [0.4, 0.5) is 0 Å². The summed E-state index contributed by atoms with van der Waals surface area (Å²) < 4.78 is 0. The molecule has 0 aromatic carbocycles. The maximum atomic E-state index is 4.59. The van der Waals surface area contributed by atoms with E-state index >= 15 is 0 Å². The van der Waals surface area contributed by atoms with Crippen molar-refractivity contribution in [1.82, 2.24) is 0 Å². The van der Waals surface area contributed by atoms with Crippen molar-refractivity contribution in [1.29, 1.82) is 0 Å². The minimum Gasteiger partial charge on any atom is -1.00 e. The van der Waals surface area contributed by atoms with E-state index < -0.39 is 0 Å². The maximum Gasteiger partial charge on any atom is 1.00 e. The first-order valence-corrected chi connectivity index (χ1v) is 7.74. The predicted octanol–water partition coefficient (Wildman–Crippen LogP) is 0.695. The molecule has 25 heavy (non-hydrogen) atoms. The second-order valence-corrected chi connectivity index (χ2v) is 5.76. The normalized spacial score (nSPS) is 21.8. The largest absolute Gasteiger partial charge is 1.00 e. The van der Waals surface area contributed by atoms with Crippen LogP contribution in [0, 0.1) is 0 Å². The first kappa shape index (κ1) is 16.7.